The Labute approximate surface area is 78.9 Å². The summed E-state index contributed by atoms with van der Waals surface area (Å²) < 4.78 is 0. The summed E-state index contributed by atoms with van der Waals surface area (Å²) in [5.74, 6) is -0.491. The highest BCUT2D eigenvalue weighted by Gasteiger charge is 2.21. The number of nitrogens with one attached hydrogen (secondary N) is 1. The molecule has 0 heterocycles. The van der Waals surface area contributed by atoms with Crippen molar-refractivity contribution in [3.05, 3.63) is 0 Å². The van der Waals surface area contributed by atoms with Gasteiger partial charge in [-0.15, -0.1) is 0 Å². The van der Waals surface area contributed by atoms with Gasteiger partial charge in [0.05, 0.1) is 0 Å². The van der Waals surface area contributed by atoms with Crippen molar-refractivity contribution in [1.29, 1.82) is 0 Å². The minimum absolute atomic E-state index is 0.0778. The van der Waals surface area contributed by atoms with Crippen LogP contribution in [0.5, 0.6) is 0 Å². The van der Waals surface area contributed by atoms with Crippen LogP contribution in [-0.4, -0.2) is 11.9 Å². The summed E-state index contributed by atoms with van der Waals surface area (Å²) in [4.78, 5) is 21.6. The molecule has 0 spiro atoms. The number of amides is 3. The first-order chi connectivity index (χ1) is 5.72. The van der Waals surface area contributed by atoms with E-state index in [-0.39, 0.29) is 17.2 Å². The molecule has 4 heteroatoms. The van der Waals surface area contributed by atoms with Gasteiger partial charge in [0.2, 0.25) is 5.91 Å². The Morgan fingerprint density at radius 3 is 2.15 bits per heavy atom. The second-order valence-electron chi connectivity index (χ2n) is 4.52. The summed E-state index contributed by atoms with van der Waals surface area (Å²) in [6.07, 6.45) is 0.728. The molecule has 3 amide bonds. The quantitative estimate of drug-likeness (QED) is 0.681. The molecule has 76 valence electrons. The average Bonchev–Trinajstić information content (AvgIpc) is 1.81. The van der Waals surface area contributed by atoms with Crippen LogP contribution in [0.25, 0.3) is 0 Å². The topological polar surface area (TPSA) is 72.2 Å². The van der Waals surface area contributed by atoms with Crippen LogP contribution in [0, 0.1) is 11.3 Å². The van der Waals surface area contributed by atoms with Gasteiger partial charge in [-0.25, -0.2) is 4.79 Å². The van der Waals surface area contributed by atoms with E-state index in [2.05, 4.69) is 5.32 Å². The van der Waals surface area contributed by atoms with E-state index in [0.29, 0.717) is 0 Å². The average molecular weight is 186 g/mol. The molecule has 0 aliphatic carbocycles. The van der Waals surface area contributed by atoms with Gasteiger partial charge in [-0.05, 0) is 11.8 Å². The molecular formula is C9H18N2O2. The predicted molar refractivity (Wildman–Crippen MR) is 51.0 cm³/mol. The molecule has 3 N–H and O–H groups in total. The fourth-order valence-corrected chi connectivity index (χ4v) is 1.26. The van der Waals surface area contributed by atoms with Gasteiger partial charge < -0.3 is 5.73 Å². The van der Waals surface area contributed by atoms with E-state index in [1.54, 1.807) is 6.92 Å². The third-order valence-corrected chi connectivity index (χ3v) is 1.61. The molecule has 0 radical (unpaired) electrons. The molecule has 0 saturated carbocycles. The molecule has 0 rings (SSSR count). The molecule has 0 unspecified atom stereocenters. The molecule has 13 heavy (non-hydrogen) atoms. The van der Waals surface area contributed by atoms with Crippen LogP contribution in [0.3, 0.4) is 0 Å². The normalized spacial score (nSPS) is 13.5. The lowest BCUT2D eigenvalue weighted by atomic mass is 9.85. The first-order valence-corrected chi connectivity index (χ1v) is 4.32. The molecule has 1 atom stereocenters. The van der Waals surface area contributed by atoms with E-state index in [9.17, 15) is 9.59 Å². The lowest BCUT2D eigenvalue weighted by molar-refractivity contribution is -0.124. The van der Waals surface area contributed by atoms with Crippen molar-refractivity contribution in [3.63, 3.8) is 0 Å². The van der Waals surface area contributed by atoms with E-state index in [1.165, 1.54) is 0 Å². The van der Waals surface area contributed by atoms with Crippen LogP contribution in [0.15, 0.2) is 0 Å². The first kappa shape index (κ1) is 11.9. The minimum Gasteiger partial charge on any atom is -0.351 e. The molecule has 0 aromatic carbocycles. The maximum atomic E-state index is 11.2. The Morgan fingerprint density at radius 2 is 1.85 bits per heavy atom. The van der Waals surface area contributed by atoms with Crippen LogP contribution >= 0.6 is 0 Å². The van der Waals surface area contributed by atoms with Gasteiger partial charge >= 0.3 is 6.03 Å². The van der Waals surface area contributed by atoms with Gasteiger partial charge in [0.25, 0.3) is 0 Å². The first-order valence-electron chi connectivity index (χ1n) is 4.32. The summed E-state index contributed by atoms with van der Waals surface area (Å²) in [6, 6.07) is -0.786. The fraction of sp³-hybridized carbons (Fsp3) is 0.778. The number of rotatable bonds is 2. The molecule has 4 nitrogen and oxygen atoms in total. The summed E-state index contributed by atoms with van der Waals surface area (Å²) in [7, 11) is 0. The molecular weight excluding hydrogens is 168 g/mol. The van der Waals surface area contributed by atoms with E-state index < -0.39 is 6.03 Å². The summed E-state index contributed by atoms with van der Waals surface area (Å²) in [5, 5.41) is 2.07. The maximum Gasteiger partial charge on any atom is 0.318 e. The number of carbonyl (C=O) groups excluding carboxylic acids is 2. The zero-order valence-corrected chi connectivity index (χ0v) is 8.68. The standard InChI is InChI=1S/C9H18N2O2/c1-6(5-9(2,3)4)7(12)11-8(10)13/h6H,5H2,1-4H3,(H3,10,11,12,13)/t6-/m0/s1. The molecule has 0 aromatic heterocycles. The Hall–Kier alpha value is -1.06. The third-order valence-electron chi connectivity index (χ3n) is 1.61. The fourth-order valence-electron chi connectivity index (χ4n) is 1.26. The Morgan fingerprint density at radius 1 is 1.38 bits per heavy atom. The van der Waals surface area contributed by atoms with Crippen LogP contribution < -0.4 is 11.1 Å². The number of hydrogen-bond acceptors (Lipinski definition) is 2. The second-order valence-corrected chi connectivity index (χ2v) is 4.52. The third kappa shape index (κ3) is 6.13. The summed E-state index contributed by atoms with van der Waals surface area (Å²) >= 11 is 0. The van der Waals surface area contributed by atoms with Crippen LogP contribution in [0.1, 0.15) is 34.1 Å². The zero-order valence-electron chi connectivity index (χ0n) is 8.68. The molecule has 0 aromatic rings. The number of nitrogens with two attached hydrogens (primary N) is 1. The Bertz CT molecular complexity index is 206. The summed E-state index contributed by atoms with van der Waals surface area (Å²) in [6.45, 7) is 7.91. The largest absolute Gasteiger partial charge is 0.351 e. The van der Waals surface area contributed by atoms with Gasteiger partial charge in [0.15, 0.2) is 0 Å². The van der Waals surface area contributed by atoms with Gasteiger partial charge in [-0.2, -0.15) is 0 Å². The molecule has 0 saturated heterocycles. The SMILES string of the molecule is C[C@@H](CC(C)(C)C)C(=O)NC(N)=O. The predicted octanol–water partition coefficient (Wildman–Crippen LogP) is 1.25. The maximum absolute atomic E-state index is 11.2. The van der Waals surface area contributed by atoms with Crippen molar-refractivity contribution >= 4 is 11.9 Å². The van der Waals surface area contributed by atoms with Gasteiger partial charge in [0.1, 0.15) is 0 Å². The zero-order chi connectivity index (χ0) is 10.6. The molecule has 0 fully saturated rings. The van der Waals surface area contributed by atoms with Gasteiger partial charge in [-0.3, -0.25) is 10.1 Å². The van der Waals surface area contributed by atoms with Crippen LogP contribution in [-0.2, 0) is 4.79 Å². The van der Waals surface area contributed by atoms with E-state index in [4.69, 9.17) is 5.73 Å². The van der Waals surface area contributed by atoms with Crippen LogP contribution in [0.2, 0.25) is 0 Å². The van der Waals surface area contributed by atoms with Crippen molar-refractivity contribution in [2.24, 2.45) is 17.1 Å². The second kappa shape index (κ2) is 4.25. The highest BCUT2D eigenvalue weighted by molar-refractivity contribution is 5.94. The van der Waals surface area contributed by atoms with Gasteiger partial charge in [-0.1, -0.05) is 27.7 Å². The lowest BCUT2D eigenvalue weighted by Crippen LogP contribution is -2.39. The lowest BCUT2D eigenvalue weighted by Gasteiger charge is -2.21. The number of carbonyl (C=O) groups is 2. The van der Waals surface area contributed by atoms with Crippen LogP contribution in [0.4, 0.5) is 4.79 Å². The van der Waals surface area contributed by atoms with E-state index >= 15 is 0 Å². The molecule has 0 aliphatic rings. The Kier molecular flexibility index (Phi) is 3.91. The smallest absolute Gasteiger partial charge is 0.318 e. The number of primary amides is 1. The van der Waals surface area contributed by atoms with Crippen molar-refractivity contribution in [3.8, 4) is 0 Å². The van der Waals surface area contributed by atoms with Gasteiger partial charge in [0, 0.05) is 5.92 Å². The Balaban J connectivity index is 4.04. The number of hydrogen-bond donors (Lipinski definition) is 2. The van der Waals surface area contributed by atoms with Crippen molar-refractivity contribution < 1.29 is 9.59 Å². The highest BCUT2D eigenvalue weighted by atomic mass is 16.2. The van der Waals surface area contributed by atoms with Crippen molar-refractivity contribution in [2.45, 2.75) is 34.1 Å². The van der Waals surface area contributed by atoms with E-state index in [1.807, 2.05) is 20.8 Å². The highest BCUT2D eigenvalue weighted by Crippen LogP contribution is 2.23. The van der Waals surface area contributed by atoms with Crippen molar-refractivity contribution in [2.75, 3.05) is 0 Å². The minimum atomic E-state index is -0.786. The molecule has 0 bridgehead atoms. The molecule has 0 aliphatic heterocycles. The number of imide groups is 1. The van der Waals surface area contributed by atoms with E-state index in [0.717, 1.165) is 6.42 Å². The van der Waals surface area contributed by atoms with Crippen molar-refractivity contribution in [1.82, 2.24) is 5.32 Å². The monoisotopic (exact) mass is 186 g/mol. The summed E-state index contributed by atoms with van der Waals surface area (Å²) in [5.41, 5.74) is 4.90. The number of urea groups is 1.